The third kappa shape index (κ3) is 2.17. The number of carbonyl (C=O) groups is 1. The SMILES string of the molecule is O=C(CC12C[C@H]3C[C@@H](CC(O)(C3)C1)C2)Nc1nccs1. The number of hydrogen-bond donors (Lipinski definition) is 2. The molecular weight excluding hydrogens is 272 g/mol. The van der Waals surface area contributed by atoms with Gasteiger partial charge in [-0.1, -0.05) is 0 Å². The van der Waals surface area contributed by atoms with Crippen LogP contribution in [0.5, 0.6) is 0 Å². The van der Waals surface area contributed by atoms with Crippen LogP contribution in [-0.2, 0) is 4.79 Å². The Kier molecular flexibility index (Phi) is 2.73. The monoisotopic (exact) mass is 292 g/mol. The lowest BCUT2D eigenvalue weighted by Gasteiger charge is -2.60. The molecule has 4 fully saturated rings. The Morgan fingerprint density at radius 3 is 2.75 bits per heavy atom. The van der Waals surface area contributed by atoms with Gasteiger partial charge in [0.15, 0.2) is 5.13 Å². The average Bonchev–Trinajstić information content (AvgIpc) is 2.76. The van der Waals surface area contributed by atoms with Crippen LogP contribution in [0, 0.1) is 17.3 Å². The quantitative estimate of drug-likeness (QED) is 0.900. The fourth-order valence-electron chi connectivity index (χ4n) is 5.40. The molecule has 0 radical (unpaired) electrons. The zero-order valence-electron chi connectivity index (χ0n) is 11.5. The highest BCUT2D eigenvalue weighted by atomic mass is 32.1. The Labute approximate surface area is 122 Å². The summed E-state index contributed by atoms with van der Waals surface area (Å²) >= 11 is 1.45. The van der Waals surface area contributed by atoms with Gasteiger partial charge in [0.25, 0.3) is 0 Å². The number of nitrogens with zero attached hydrogens (tertiary/aromatic N) is 1. The minimum atomic E-state index is -0.481. The van der Waals surface area contributed by atoms with E-state index in [2.05, 4.69) is 10.3 Å². The van der Waals surface area contributed by atoms with Crippen molar-refractivity contribution in [2.24, 2.45) is 17.3 Å². The molecule has 0 unspecified atom stereocenters. The summed E-state index contributed by atoms with van der Waals surface area (Å²) in [4.78, 5) is 16.4. The molecule has 5 rings (SSSR count). The predicted octanol–water partition coefficient (Wildman–Crippen LogP) is 2.80. The molecule has 1 aromatic heterocycles. The molecule has 0 aliphatic heterocycles. The van der Waals surface area contributed by atoms with Gasteiger partial charge in [-0.05, 0) is 55.8 Å². The molecule has 4 aliphatic rings. The maximum Gasteiger partial charge on any atom is 0.226 e. The third-order valence-corrected chi connectivity index (χ3v) is 6.05. The van der Waals surface area contributed by atoms with E-state index in [4.69, 9.17) is 0 Å². The molecule has 4 aliphatic carbocycles. The minimum Gasteiger partial charge on any atom is -0.390 e. The van der Waals surface area contributed by atoms with Crippen LogP contribution in [0.15, 0.2) is 11.6 Å². The summed E-state index contributed by atoms with van der Waals surface area (Å²) < 4.78 is 0. The molecule has 0 spiro atoms. The van der Waals surface area contributed by atoms with Crippen molar-refractivity contribution in [1.82, 2.24) is 4.98 Å². The Morgan fingerprint density at radius 1 is 1.40 bits per heavy atom. The van der Waals surface area contributed by atoms with Crippen molar-refractivity contribution in [1.29, 1.82) is 0 Å². The Hall–Kier alpha value is -0.940. The topological polar surface area (TPSA) is 62.2 Å². The first-order chi connectivity index (χ1) is 9.54. The van der Waals surface area contributed by atoms with E-state index in [1.807, 2.05) is 5.38 Å². The third-order valence-electron chi connectivity index (χ3n) is 5.37. The van der Waals surface area contributed by atoms with Crippen LogP contribution >= 0.6 is 11.3 Å². The first-order valence-corrected chi connectivity index (χ1v) is 8.34. The smallest absolute Gasteiger partial charge is 0.226 e. The van der Waals surface area contributed by atoms with Crippen LogP contribution in [0.25, 0.3) is 0 Å². The first-order valence-electron chi connectivity index (χ1n) is 7.46. The molecular formula is C15H20N2O2S. The van der Waals surface area contributed by atoms with Crippen molar-refractivity contribution in [3.8, 4) is 0 Å². The molecule has 1 aromatic rings. The van der Waals surface area contributed by atoms with Crippen LogP contribution in [0.3, 0.4) is 0 Å². The van der Waals surface area contributed by atoms with Gasteiger partial charge in [0, 0.05) is 18.0 Å². The molecule has 20 heavy (non-hydrogen) atoms. The zero-order chi connectivity index (χ0) is 13.8. The summed E-state index contributed by atoms with van der Waals surface area (Å²) in [5, 5.41) is 16.1. The van der Waals surface area contributed by atoms with Crippen LogP contribution in [0.2, 0.25) is 0 Å². The number of aromatic nitrogens is 1. The van der Waals surface area contributed by atoms with Crippen LogP contribution < -0.4 is 5.32 Å². The largest absolute Gasteiger partial charge is 0.390 e. The van der Waals surface area contributed by atoms with Gasteiger partial charge in [-0.15, -0.1) is 11.3 Å². The first kappa shape index (κ1) is 12.8. The Bertz CT molecular complexity index is 514. The zero-order valence-corrected chi connectivity index (χ0v) is 12.3. The molecule has 4 saturated carbocycles. The highest BCUT2D eigenvalue weighted by Gasteiger charge is 2.57. The van der Waals surface area contributed by atoms with E-state index in [1.165, 1.54) is 17.8 Å². The highest BCUT2D eigenvalue weighted by Crippen LogP contribution is 2.62. The molecule has 0 saturated heterocycles. The van der Waals surface area contributed by atoms with Crippen molar-refractivity contribution in [3.63, 3.8) is 0 Å². The number of hydrogen-bond acceptors (Lipinski definition) is 4. The van der Waals surface area contributed by atoms with Gasteiger partial charge >= 0.3 is 0 Å². The van der Waals surface area contributed by atoms with E-state index in [0.717, 1.165) is 32.1 Å². The number of aliphatic hydroxyl groups is 1. The van der Waals surface area contributed by atoms with Gasteiger partial charge in [0.1, 0.15) is 0 Å². The highest BCUT2D eigenvalue weighted by molar-refractivity contribution is 7.13. The molecule has 4 bridgehead atoms. The molecule has 2 N–H and O–H groups in total. The van der Waals surface area contributed by atoms with Crippen molar-refractivity contribution in [2.75, 3.05) is 5.32 Å². The van der Waals surface area contributed by atoms with E-state index >= 15 is 0 Å². The predicted molar refractivity (Wildman–Crippen MR) is 77.4 cm³/mol. The van der Waals surface area contributed by atoms with E-state index in [1.54, 1.807) is 6.20 Å². The van der Waals surface area contributed by atoms with Crippen LogP contribution in [-0.4, -0.2) is 21.6 Å². The van der Waals surface area contributed by atoms with Gasteiger partial charge in [-0.3, -0.25) is 4.79 Å². The molecule has 1 heterocycles. The fourth-order valence-corrected chi connectivity index (χ4v) is 5.94. The van der Waals surface area contributed by atoms with Gasteiger partial charge in [-0.25, -0.2) is 4.98 Å². The van der Waals surface area contributed by atoms with Crippen molar-refractivity contribution < 1.29 is 9.90 Å². The Balaban J connectivity index is 1.49. The summed E-state index contributed by atoms with van der Waals surface area (Å²) in [6.45, 7) is 0. The number of thiazole rings is 1. The average molecular weight is 292 g/mol. The van der Waals surface area contributed by atoms with Crippen molar-refractivity contribution >= 4 is 22.4 Å². The molecule has 2 atom stereocenters. The normalized spacial score (nSPS) is 41.9. The standard InChI is InChI=1S/C15H20N2O2S/c18-12(17-13-16-1-2-20-13)8-14-4-10-3-11(5-14)7-15(19,6-10)9-14/h1-2,10-11,19H,3-9H2,(H,16,17,18)/t10-,11-,14?,15?/m1/s1. The lowest BCUT2D eigenvalue weighted by atomic mass is 9.47. The van der Waals surface area contributed by atoms with Gasteiger partial charge in [0.05, 0.1) is 5.60 Å². The summed E-state index contributed by atoms with van der Waals surface area (Å²) in [6, 6.07) is 0. The van der Waals surface area contributed by atoms with E-state index in [0.29, 0.717) is 23.4 Å². The molecule has 5 heteroatoms. The summed E-state index contributed by atoms with van der Waals surface area (Å²) in [5.74, 6) is 1.33. The summed E-state index contributed by atoms with van der Waals surface area (Å²) in [7, 11) is 0. The number of anilines is 1. The van der Waals surface area contributed by atoms with E-state index in [-0.39, 0.29) is 11.3 Å². The van der Waals surface area contributed by atoms with Gasteiger partial charge in [-0.2, -0.15) is 0 Å². The molecule has 108 valence electrons. The second-order valence-electron chi connectivity index (χ2n) is 7.25. The van der Waals surface area contributed by atoms with Crippen LogP contribution in [0.4, 0.5) is 5.13 Å². The van der Waals surface area contributed by atoms with E-state index in [9.17, 15) is 9.90 Å². The van der Waals surface area contributed by atoms with Gasteiger partial charge < -0.3 is 10.4 Å². The van der Waals surface area contributed by atoms with E-state index < -0.39 is 5.60 Å². The lowest BCUT2D eigenvalue weighted by Crippen LogP contribution is -2.56. The molecule has 1 amide bonds. The minimum absolute atomic E-state index is 0.0418. The summed E-state index contributed by atoms with van der Waals surface area (Å²) in [5.41, 5.74) is -0.439. The maximum absolute atomic E-state index is 12.3. The molecule has 0 aromatic carbocycles. The Morgan fingerprint density at radius 2 is 2.15 bits per heavy atom. The van der Waals surface area contributed by atoms with Crippen LogP contribution in [0.1, 0.15) is 44.9 Å². The maximum atomic E-state index is 12.3. The lowest BCUT2D eigenvalue weighted by molar-refractivity contribution is -0.167. The number of amides is 1. The number of nitrogens with one attached hydrogen (secondary N) is 1. The second-order valence-corrected chi connectivity index (χ2v) is 8.14. The second kappa shape index (κ2) is 4.28. The number of carbonyl (C=O) groups excluding carboxylic acids is 1. The van der Waals surface area contributed by atoms with Crippen molar-refractivity contribution in [2.45, 2.75) is 50.5 Å². The molecule has 4 nitrogen and oxygen atoms in total. The number of rotatable bonds is 3. The fraction of sp³-hybridized carbons (Fsp3) is 0.733. The summed E-state index contributed by atoms with van der Waals surface area (Å²) in [6.07, 6.45) is 8.49. The van der Waals surface area contributed by atoms with Gasteiger partial charge in [0.2, 0.25) is 5.91 Å². The van der Waals surface area contributed by atoms with Crippen molar-refractivity contribution in [3.05, 3.63) is 11.6 Å².